The van der Waals surface area contributed by atoms with E-state index in [0.29, 0.717) is 22.2 Å². The highest BCUT2D eigenvalue weighted by Crippen LogP contribution is 2.35. The van der Waals surface area contributed by atoms with Crippen molar-refractivity contribution < 1.29 is 14.7 Å². The van der Waals surface area contributed by atoms with Gasteiger partial charge in [-0.25, -0.2) is 4.98 Å². The number of nitrogens with zero attached hydrogens (tertiary/aromatic N) is 2. The smallest absolute Gasteiger partial charge is 0.305 e. The molecule has 0 bridgehead atoms. The molecule has 3 aromatic carbocycles. The number of hydrogen-bond donors (Lipinski definition) is 2. The lowest BCUT2D eigenvalue weighted by Crippen LogP contribution is -2.26. The van der Waals surface area contributed by atoms with Crippen LogP contribution in [-0.2, 0) is 11.3 Å². The van der Waals surface area contributed by atoms with Gasteiger partial charge in [-0.15, -0.1) is 11.3 Å². The van der Waals surface area contributed by atoms with E-state index >= 15 is 0 Å². The van der Waals surface area contributed by atoms with Gasteiger partial charge in [-0.05, 0) is 54.1 Å². The van der Waals surface area contributed by atoms with Crippen molar-refractivity contribution >= 4 is 73.2 Å². The maximum Gasteiger partial charge on any atom is 0.305 e. The number of carboxylic acid groups (broad SMARTS) is 1. The van der Waals surface area contributed by atoms with Crippen molar-refractivity contribution in [2.45, 2.75) is 13.0 Å². The molecule has 0 radical (unpaired) electrons. The predicted molar refractivity (Wildman–Crippen MR) is 149 cm³/mol. The molecule has 0 aliphatic rings. The summed E-state index contributed by atoms with van der Waals surface area (Å²) in [5.74, 6) is -1.28. The van der Waals surface area contributed by atoms with E-state index in [1.54, 1.807) is 24.3 Å². The minimum atomic E-state index is -0.960. The Morgan fingerprint density at radius 1 is 1.00 bits per heavy atom. The zero-order chi connectivity index (χ0) is 25.7. The van der Waals surface area contributed by atoms with Crippen LogP contribution in [0.25, 0.3) is 11.3 Å². The maximum absolute atomic E-state index is 12.4. The zero-order valence-electron chi connectivity index (χ0n) is 18.7. The van der Waals surface area contributed by atoms with Crippen LogP contribution < -0.4 is 10.2 Å². The fourth-order valence-electron chi connectivity index (χ4n) is 3.40. The molecule has 184 valence electrons. The molecule has 0 fully saturated rings. The number of rotatable bonds is 9. The molecule has 0 aliphatic carbocycles. The van der Waals surface area contributed by atoms with E-state index in [1.807, 2.05) is 47.8 Å². The topological polar surface area (TPSA) is 82.5 Å². The molecule has 2 N–H and O–H groups in total. The van der Waals surface area contributed by atoms with Crippen LogP contribution in [0.3, 0.4) is 0 Å². The molecule has 4 aromatic rings. The Bertz CT molecular complexity index is 1380. The van der Waals surface area contributed by atoms with Crippen LogP contribution in [0.4, 0.5) is 10.8 Å². The molecule has 10 heteroatoms. The summed E-state index contributed by atoms with van der Waals surface area (Å²) in [6.07, 6.45) is -0.129. The number of benzene rings is 3. The number of carbonyl (C=O) groups is 2. The summed E-state index contributed by atoms with van der Waals surface area (Å²) in [6.45, 7) is 0.633. The van der Waals surface area contributed by atoms with Gasteiger partial charge in [-0.3, -0.25) is 9.59 Å². The van der Waals surface area contributed by atoms with Gasteiger partial charge in [0.25, 0.3) is 5.91 Å². The van der Waals surface area contributed by atoms with E-state index in [0.717, 1.165) is 32.1 Å². The molecule has 1 heterocycles. The monoisotopic (exact) mass is 603 g/mol. The molecule has 0 atom stereocenters. The standard InChI is InChI=1S/C26H20BrCl2N3O3S/c27-19-6-1-16(2-7-19)14-32(20-8-3-17(4-9-20)25(35)30-12-11-24(33)34)26-31-23(15-36-26)18-5-10-21(28)22(29)13-18/h1-10,13,15H,11-12,14H2,(H,30,35)(H,33,34). The van der Waals surface area contributed by atoms with Crippen LogP contribution >= 0.6 is 50.5 Å². The highest BCUT2D eigenvalue weighted by Gasteiger charge is 2.17. The van der Waals surface area contributed by atoms with Gasteiger partial charge in [0, 0.05) is 33.2 Å². The minimum Gasteiger partial charge on any atom is -0.481 e. The minimum absolute atomic E-state index is 0.0716. The summed E-state index contributed by atoms with van der Waals surface area (Å²) in [4.78, 5) is 30.0. The van der Waals surface area contributed by atoms with Crippen LogP contribution in [-0.4, -0.2) is 28.5 Å². The van der Waals surface area contributed by atoms with E-state index in [9.17, 15) is 9.59 Å². The molecular weight excluding hydrogens is 585 g/mol. The van der Waals surface area contributed by atoms with E-state index in [-0.39, 0.29) is 18.9 Å². The highest BCUT2D eigenvalue weighted by atomic mass is 79.9. The Balaban J connectivity index is 1.61. The number of anilines is 2. The largest absolute Gasteiger partial charge is 0.481 e. The van der Waals surface area contributed by atoms with Gasteiger partial charge in [0.2, 0.25) is 0 Å². The Labute approximate surface area is 230 Å². The van der Waals surface area contributed by atoms with Gasteiger partial charge in [0.05, 0.1) is 28.7 Å². The van der Waals surface area contributed by atoms with Crippen molar-refractivity contribution in [2.24, 2.45) is 0 Å². The SMILES string of the molecule is O=C(O)CCNC(=O)c1ccc(N(Cc2ccc(Br)cc2)c2nc(-c3ccc(Cl)c(Cl)c3)cs2)cc1. The average Bonchev–Trinajstić information content (AvgIpc) is 3.35. The number of thiazole rings is 1. The number of hydrogen-bond acceptors (Lipinski definition) is 5. The lowest BCUT2D eigenvalue weighted by atomic mass is 10.1. The molecule has 1 aromatic heterocycles. The van der Waals surface area contributed by atoms with E-state index < -0.39 is 5.97 Å². The third-order valence-electron chi connectivity index (χ3n) is 5.26. The predicted octanol–water partition coefficient (Wildman–Crippen LogP) is 7.42. The summed E-state index contributed by atoms with van der Waals surface area (Å²) >= 11 is 17.2. The van der Waals surface area contributed by atoms with Crippen LogP contribution in [0.5, 0.6) is 0 Å². The van der Waals surface area contributed by atoms with Crippen molar-refractivity contribution in [3.8, 4) is 11.3 Å². The number of carbonyl (C=O) groups excluding carboxylic acids is 1. The Morgan fingerprint density at radius 2 is 1.72 bits per heavy atom. The van der Waals surface area contributed by atoms with Gasteiger partial charge in [-0.2, -0.15) is 0 Å². The number of aromatic nitrogens is 1. The van der Waals surface area contributed by atoms with Crippen molar-refractivity contribution in [1.82, 2.24) is 10.3 Å². The third-order valence-corrected chi connectivity index (χ3v) is 7.39. The molecule has 36 heavy (non-hydrogen) atoms. The first-order chi connectivity index (χ1) is 17.3. The summed E-state index contributed by atoms with van der Waals surface area (Å²) in [5, 5.41) is 15.1. The van der Waals surface area contributed by atoms with Gasteiger partial charge in [0.15, 0.2) is 5.13 Å². The van der Waals surface area contributed by atoms with E-state index in [1.165, 1.54) is 11.3 Å². The number of nitrogens with one attached hydrogen (secondary N) is 1. The molecule has 6 nitrogen and oxygen atoms in total. The molecular formula is C26H20BrCl2N3O3S. The molecule has 0 saturated carbocycles. The Morgan fingerprint density at radius 3 is 2.39 bits per heavy atom. The lowest BCUT2D eigenvalue weighted by Gasteiger charge is -2.22. The summed E-state index contributed by atoms with van der Waals surface area (Å²) < 4.78 is 0.993. The first kappa shape index (κ1) is 26.2. The number of aliphatic carboxylic acids is 1. The number of halogens is 3. The second kappa shape index (κ2) is 11.9. The second-order valence-electron chi connectivity index (χ2n) is 7.80. The van der Waals surface area contributed by atoms with Gasteiger partial charge >= 0.3 is 5.97 Å². The summed E-state index contributed by atoms with van der Waals surface area (Å²) in [7, 11) is 0. The lowest BCUT2D eigenvalue weighted by molar-refractivity contribution is -0.136. The zero-order valence-corrected chi connectivity index (χ0v) is 22.7. The molecule has 0 spiro atoms. The molecule has 0 aliphatic heterocycles. The van der Waals surface area contributed by atoms with Crippen LogP contribution in [0.1, 0.15) is 22.3 Å². The van der Waals surface area contributed by atoms with Gasteiger partial charge in [0.1, 0.15) is 0 Å². The van der Waals surface area contributed by atoms with E-state index in [4.69, 9.17) is 33.3 Å². The Hall–Kier alpha value is -2.91. The van der Waals surface area contributed by atoms with Crippen molar-refractivity contribution in [1.29, 1.82) is 0 Å². The summed E-state index contributed by atoms with van der Waals surface area (Å²) in [5.41, 5.74) is 4.03. The van der Waals surface area contributed by atoms with Crippen LogP contribution in [0.15, 0.2) is 76.6 Å². The second-order valence-corrected chi connectivity index (χ2v) is 10.4. The van der Waals surface area contributed by atoms with E-state index in [2.05, 4.69) is 26.1 Å². The van der Waals surface area contributed by atoms with Crippen molar-refractivity contribution in [2.75, 3.05) is 11.4 Å². The van der Waals surface area contributed by atoms with Gasteiger partial charge < -0.3 is 15.3 Å². The number of carboxylic acids is 1. The fourth-order valence-corrected chi connectivity index (χ4v) is 4.81. The normalized spacial score (nSPS) is 10.8. The van der Waals surface area contributed by atoms with Crippen LogP contribution in [0.2, 0.25) is 10.0 Å². The molecule has 4 rings (SSSR count). The Kier molecular flexibility index (Phi) is 8.64. The third kappa shape index (κ3) is 6.64. The fraction of sp³-hybridized carbons (Fsp3) is 0.115. The summed E-state index contributed by atoms with van der Waals surface area (Å²) in [6, 6.07) is 20.6. The molecule has 0 saturated heterocycles. The van der Waals surface area contributed by atoms with Gasteiger partial charge in [-0.1, -0.05) is 57.3 Å². The average molecular weight is 605 g/mol. The number of amides is 1. The van der Waals surface area contributed by atoms with Crippen molar-refractivity contribution in [3.63, 3.8) is 0 Å². The van der Waals surface area contributed by atoms with Crippen molar-refractivity contribution in [3.05, 3.63) is 97.8 Å². The molecule has 0 unspecified atom stereocenters. The first-order valence-electron chi connectivity index (χ1n) is 10.8. The molecule has 1 amide bonds. The van der Waals surface area contributed by atoms with Crippen LogP contribution in [0, 0.1) is 0 Å². The highest BCUT2D eigenvalue weighted by molar-refractivity contribution is 9.10. The maximum atomic E-state index is 12.4. The quantitative estimate of drug-likeness (QED) is 0.208. The first-order valence-corrected chi connectivity index (χ1v) is 13.3.